The lowest BCUT2D eigenvalue weighted by Crippen LogP contribution is -2.24. The molecule has 142 valence electrons. The van der Waals surface area contributed by atoms with Crippen molar-refractivity contribution < 1.29 is 4.39 Å². The molecule has 2 aromatic carbocycles. The normalized spacial score (nSPS) is 11.0. The molecule has 0 aliphatic heterocycles. The number of H-pyrrole nitrogens is 1. The van der Waals surface area contributed by atoms with E-state index in [0.29, 0.717) is 23.3 Å². The van der Waals surface area contributed by atoms with E-state index in [1.807, 2.05) is 36.2 Å². The van der Waals surface area contributed by atoms with Gasteiger partial charge in [0, 0.05) is 31.5 Å². The minimum Gasteiger partial charge on any atom is -0.372 e. The van der Waals surface area contributed by atoms with E-state index in [1.165, 1.54) is 12.1 Å². The van der Waals surface area contributed by atoms with Gasteiger partial charge in [0.25, 0.3) is 5.56 Å². The van der Waals surface area contributed by atoms with Gasteiger partial charge in [-0.1, -0.05) is 13.0 Å². The van der Waals surface area contributed by atoms with Crippen LogP contribution >= 0.6 is 0 Å². The third kappa shape index (κ3) is 4.27. The zero-order valence-corrected chi connectivity index (χ0v) is 16.0. The van der Waals surface area contributed by atoms with Crippen LogP contribution in [0.5, 0.6) is 0 Å². The van der Waals surface area contributed by atoms with Crippen LogP contribution in [0.4, 0.5) is 15.8 Å². The zero-order valence-electron chi connectivity index (χ0n) is 16.0. The number of rotatable bonds is 7. The van der Waals surface area contributed by atoms with Crippen molar-refractivity contribution in [3.63, 3.8) is 0 Å². The van der Waals surface area contributed by atoms with Crippen molar-refractivity contribution >= 4 is 22.3 Å². The largest absolute Gasteiger partial charge is 0.372 e. The van der Waals surface area contributed by atoms with E-state index in [0.717, 1.165) is 30.9 Å². The van der Waals surface area contributed by atoms with Crippen LogP contribution in [0.25, 0.3) is 10.9 Å². The molecule has 27 heavy (non-hydrogen) atoms. The van der Waals surface area contributed by atoms with Crippen LogP contribution in [-0.4, -0.2) is 30.1 Å². The van der Waals surface area contributed by atoms with E-state index in [4.69, 9.17) is 0 Å². The predicted octanol–water partition coefficient (Wildman–Crippen LogP) is 3.93. The Labute approximate surface area is 158 Å². The molecule has 0 atom stereocenters. The highest BCUT2D eigenvalue weighted by Crippen LogP contribution is 2.20. The molecule has 0 spiro atoms. The van der Waals surface area contributed by atoms with E-state index in [-0.39, 0.29) is 11.4 Å². The number of nitrogens with zero attached hydrogens (tertiary/aromatic N) is 3. The molecule has 5 nitrogen and oxygen atoms in total. The smallest absolute Gasteiger partial charge is 0.258 e. The SMILES string of the molecule is CCCN(CC)c1ccc2c(=O)[nH]c(CN(C)c3cccc(F)c3)nc2c1. The van der Waals surface area contributed by atoms with Crippen molar-refractivity contribution in [2.24, 2.45) is 0 Å². The highest BCUT2D eigenvalue weighted by molar-refractivity contribution is 5.81. The van der Waals surface area contributed by atoms with Gasteiger partial charge in [-0.15, -0.1) is 0 Å². The van der Waals surface area contributed by atoms with Crippen LogP contribution in [0.15, 0.2) is 47.3 Å². The van der Waals surface area contributed by atoms with Gasteiger partial charge in [-0.25, -0.2) is 9.37 Å². The molecule has 0 radical (unpaired) electrons. The number of aromatic nitrogens is 2. The highest BCUT2D eigenvalue weighted by atomic mass is 19.1. The zero-order chi connectivity index (χ0) is 19.4. The summed E-state index contributed by atoms with van der Waals surface area (Å²) in [6.07, 6.45) is 1.05. The van der Waals surface area contributed by atoms with Crippen molar-refractivity contribution in [2.75, 3.05) is 29.9 Å². The standard InChI is InChI=1S/C21H25FN4O/c1-4-11-26(5-2)17-9-10-18-19(13-17)23-20(24-21(18)27)14-25(3)16-8-6-7-15(22)12-16/h6-10,12-13H,4-5,11,14H2,1-3H3,(H,23,24,27). The first-order chi connectivity index (χ1) is 13.0. The number of nitrogens with one attached hydrogen (secondary N) is 1. The molecule has 1 heterocycles. The molecular formula is C21H25FN4O. The highest BCUT2D eigenvalue weighted by Gasteiger charge is 2.10. The lowest BCUT2D eigenvalue weighted by atomic mass is 10.2. The number of benzene rings is 2. The van der Waals surface area contributed by atoms with Crippen LogP contribution in [0.1, 0.15) is 26.1 Å². The van der Waals surface area contributed by atoms with E-state index >= 15 is 0 Å². The molecule has 3 aromatic rings. The average Bonchev–Trinajstić information content (AvgIpc) is 2.65. The molecule has 0 fully saturated rings. The molecule has 3 rings (SSSR count). The molecule has 0 bridgehead atoms. The third-order valence-electron chi connectivity index (χ3n) is 4.62. The third-order valence-corrected chi connectivity index (χ3v) is 4.62. The predicted molar refractivity (Wildman–Crippen MR) is 109 cm³/mol. The summed E-state index contributed by atoms with van der Waals surface area (Å²) >= 11 is 0. The fourth-order valence-electron chi connectivity index (χ4n) is 3.22. The first kappa shape index (κ1) is 18.9. The summed E-state index contributed by atoms with van der Waals surface area (Å²) in [7, 11) is 1.84. The van der Waals surface area contributed by atoms with Crippen molar-refractivity contribution in [3.05, 3.63) is 64.5 Å². The van der Waals surface area contributed by atoms with Crippen LogP contribution in [-0.2, 0) is 6.54 Å². The maximum atomic E-state index is 13.5. The van der Waals surface area contributed by atoms with Gasteiger partial charge in [0.2, 0.25) is 0 Å². The van der Waals surface area contributed by atoms with E-state index < -0.39 is 0 Å². The monoisotopic (exact) mass is 368 g/mol. The Morgan fingerprint density at radius 3 is 2.63 bits per heavy atom. The maximum absolute atomic E-state index is 13.5. The number of anilines is 2. The molecule has 0 saturated heterocycles. The van der Waals surface area contributed by atoms with Gasteiger partial charge >= 0.3 is 0 Å². The Hall–Kier alpha value is -2.89. The van der Waals surface area contributed by atoms with Crippen LogP contribution in [0, 0.1) is 5.82 Å². The van der Waals surface area contributed by atoms with Crippen molar-refractivity contribution in [1.29, 1.82) is 0 Å². The molecule has 0 aliphatic rings. The summed E-state index contributed by atoms with van der Waals surface area (Å²) in [5.74, 6) is 0.259. The van der Waals surface area contributed by atoms with Crippen LogP contribution < -0.4 is 15.4 Å². The molecule has 1 N–H and O–H groups in total. The van der Waals surface area contributed by atoms with Gasteiger partial charge in [-0.05, 0) is 49.7 Å². The van der Waals surface area contributed by atoms with Crippen molar-refractivity contribution in [2.45, 2.75) is 26.8 Å². The van der Waals surface area contributed by atoms with Crippen LogP contribution in [0.3, 0.4) is 0 Å². The van der Waals surface area contributed by atoms with Crippen LogP contribution in [0.2, 0.25) is 0 Å². The number of hydrogen-bond acceptors (Lipinski definition) is 4. The molecule has 0 amide bonds. The Morgan fingerprint density at radius 1 is 1.11 bits per heavy atom. The fraction of sp³-hybridized carbons (Fsp3) is 0.333. The summed E-state index contributed by atoms with van der Waals surface area (Å²) in [6.45, 7) is 6.50. The topological polar surface area (TPSA) is 52.2 Å². The minimum atomic E-state index is -0.292. The van der Waals surface area contributed by atoms with Gasteiger partial charge < -0.3 is 14.8 Å². The number of hydrogen-bond donors (Lipinski definition) is 1. The van der Waals surface area contributed by atoms with E-state index in [2.05, 4.69) is 28.7 Å². The maximum Gasteiger partial charge on any atom is 0.258 e. The first-order valence-corrected chi connectivity index (χ1v) is 9.26. The lowest BCUT2D eigenvalue weighted by Gasteiger charge is -2.22. The molecule has 1 aromatic heterocycles. The number of halogens is 1. The molecule has 0 saturated carbocycles. The fourth-order valence-corrected chi connectivity index (χ4v) is 3.22. The summed E-state index contributed by atoms with van der Waals surface area (Å²) in [5.41, 5.74) is 2.31. The number of aromatic amines is 1. The molecule has 0 unspecified atom stereocenters. The van der Waals surface area contributed by atoms with E-state index in [1.54, 1.807) is 6.07 Å². The van der Waals surface area contributed by atoms with Gasteiger partial charge in [0.05, 0.1) is 17.4 Å². The second-order valence-electron chi connectivity index (χ2n) is 6.63. The van der Waals surface area contributed by atoms with Crippen molar-refractivity contribution in [3.8, 4) is 0 Å². The van der Waals surface area contributed by atoms with Gasteiger partial charge in [-0.2, -0.15) is 0 Å². The first-order valence-electron chi connectivity index (χ1n) is 9.26. The summed E-state index contributed by atoms with van der Waals surface area (Å²) < 4.78 is 13.5. The molecular weight excluding hydrogens is 343 g/mol. The van der Waals surface area contributed by atoms with Gasteiger partial charge in [-0.3, -0.25) is 4.79 Å². The lowest BCUT2D eigenvalue weighted by molar-refractivity contribution is 0.627. The second-order valence-corrected chi connectivity index (χ2v) is 6.63. The van der Waals surface area contributed by atoms with Crippen molar-refractivity contribution in [1.82, 2.24) is 9.97 Å². The summed E-state index contributed by atoms with van der Waals surface area (Å²) in [6, 6.07) is 12.1. The van der Waals surface area contributed by atoms with E-state index in [9.17, 15) is 9.18 Å². The minimum absolute atomic E-state index is 0.160. The Bertz CT molecular complexity index is 985. The Balaban J connectivity index is 1.93. The quantitative estimate of drug-likeness (QED) is 0.686. The summed E-state index contributed by atoms with van der Waals surface area (Å²) in [4.78, 5) is 24.1. The Morgan fingerprint density at radius 2 is 1.93 bits per heavy atom. The Kier molecular flexibility index (Phi) is 5.74. The van der Waals surface area contributed by atoms with Gasteiger partial charge in [0.1, 0.15) is 11.6 Å². The molecule has 0 aliphatic carbocycles. The second kappa shape index (κ2) is 8.20. The van der Waals surface area contributed by atoms with Gasteiger partial charge in [0.15, 0.2) is 0 Å². The molecule has 6 heteroatoms. The average molecular weight is 368 g/mol. The summed E-state index contributed by atoms with van der Waals surface area (Å²) in [5, 5.41) is 0.573. The number of fused-ring (bicyclic) bond motifs is 1.